The number of aryl methyl sites for hydroxylation is 2. The van der Waals surface area contributed by atoms with E-state index < -0.39 is 0 Å². The lowest BCUT2D eigenvalue weighted by molar-refractivity contribution is 0.0734. The van der Waals surface area contributed by atoms with Crippen LogP contribution in [0.2, 0.25) is 0 Å². The van der Waals surface area contributed by atoms with E-state index in [0.29, 0.717) is 17.2 Å². The average Bonchev–Trinajstić information content (AvgIpc) is 2.51. The van der Waals surface area contributed by atoms with Crippen molar-refractivity contribution in [3.8, 4) is 5.75 Å². The van der Waals surface area contributed by atoms with Gasteiger partial charge in [0, 0.05) is 0 Å². The zero-order valence-electron chi connectivity index (χ0n) is 18.1. The summed E-state index contributed by atoms with van der Waals surface area (Å²) in [5.74, 6) is 0.726. The summed E-state index contributed by atoms with van der Waals surface area (Å²) in [5.41, 5.74) is 4.44. The van der Waals surface area contributed by atoms with E-state index in [2.05, 4.69) is 53.7 Å². The Balaban J connectivity index is 2.19. The van der Waals surface area contributed by atoms with Gasteiger partial charge >= 0.3 is 5.97 Å². The highest BCUT2D eigenvalue weighted by molar-refractivity contribution is 5.91. The van der Waals surface area contributed by atoms with Gasteiger partial charge in [0.1, 0.15) is 5.75 Å². The Morgan fingerprint density at radius 1 is 0.889 bits per heavy atom. The van der Waals surface area contributed by atoms with Crippen molar-refractivity contribution in [3.05, 3.63) is 64.7 Å². The van der Waals surface area contributed by atoms with Crippen LogP contribution in [-0.4, -0.2) is 5.97 Å². The summed E-state index contributed by atoms with van der Waals surface area (Å²) in [6.07, 6.45) is 1.11. The molecule has 146 valence electrons. The van der Waals surface area contributed by atoms with Crippen molar-refractivity contribution in [1.29, 1.82) is 0 Å². The van der Waals surface area contributed by atoms with E-state index in [1.54, 1.807) is 0 Å². The molecule has 0 heterocycles. The van der Waals surface area contributed by atoms with E-state index in [1.165, 1.54) is 5.56 Å². The molecule has 0 aliphatic rings. The molecule has 0 saturated carbocycles. The van der Waals surface area contributed by atoms with Crippen molar-refractivity contribution in [2.75, 3.05) is 0 Å². The fourth-order valence-corrected chi connectivity index (χ4v) is 3.56. The summed E-state index contributed by atoms with van der Waals surface area (Å²) in [6, 6.07) is 13.8. The second-order valence-electron chi connectivity index (χ2n) is 10.0. The van der Waals surface area contributed by atoms with Crippen molar-refractivity contribution in [1.82, 2.24) is 0 Å². The maximum Gasteiger partial charge on any atom is 0.343 e. The lowest BCUT2D eigenvalue weighted by atomic mass is 9.69. The van der Waals surface area contributed by atoms with Gasteiger partial charge in [0.05, 0.1) is 5.56 Å². The number of carbonyl (C=O) groups is 1. The van der Waals surface area contributed by atoms with Crippen LogP contribution in [0.3, 0.4) is 0 Å². The fourth-order valence-electron chi connectivity index (χ4n) is 3.56. The van der Waals surface area contributed by atoms with Gasteiger partial charge in [-0.05, 0) is 66.8 Å². The molecule has 2 heteroatoms. The molecule has 2 aromatic carbocycles. The number of benzene rings is 2. The first-order chi connectivity index (χ1) is 12.3. The molecule has 0 aliphatic carbocycles. The van der Waals surface area contributed by atoms with Crippen LogP contribution < -0.4 is 4.74 Å². The number of hydrogen-bond acceptors (Lipinski definition) is 2. The highest BCUT2D eigenvalue weighted by atomic mass is 16.5. The standard InChI is InChI=1S/C25H34O2/c1-17-13-18(2)15-20(14-17)23(26)27-21-11-9-19(10-12-21)22(25(6,7)8)16-24(3,4)5/h9-15,22H,16H2,1-8H3. The minimum atomic E-state index is -0.309. The molecular formula is C25H34O2. The lowest BCUT2D eigenvalue weighted by Gasteiger charge is -2.36. The van der Waals surface area contributed by atoms with Gasteiger partial charge in [-0.3, -0.25) is 0 Å². The number of hydrogen-bond donors (Lipinski definition) is 0. The van der Waals surface area contributed by atoms with Crippen LogP contribution in [0.15, 0.2) is 42.5 Å². The van der Waals surface area contributed by atoms with Gasteiger partial charge in [0.15, 0.2) is 0 Å². The zero-order chi connectivity index (χ0) is 20.4. The Hall–Kier alpha value is -2.09. The van der Waals surface area contributed by atoms with Crippen LogP contribution in [0.25, 0.3) is 0 Å². The van der Waals surface area contributed by atoms with Gasteiger partial charge < -0.3 is 4.74 Å². The van der Waals surface area contributed by atoms with Gasteiger partial charge in [-0.25, -0.2) is 4.79 Å². The molecule has 0 spiro atoms. The molecule has 27 heavy (non-hydrogen) atoms. The Labute approximate surface area is 165 Å². The lowest BCUT2D eigenvalue weighted by Crippen LogP contribution is -2.23. The summed E-state index contributed by atoms with van der Waals surface area (Å²) >= 11 is 0. The molecule has 1 atom stereocenters. The molecule has 1 unspecified atom stereocenters. The molecular weight excluding hydrogens is 332 g/mol. The molecule has 0 fully saturated rings. The first-order valence-corrected chi connectivity index (χ1v) is 9.75. The second-order valence-corrected chi connectivity index (χ2v) is 10.0. The van der Waals surface area contributed by atoms with Crippen LogP contribution in [0, 0.1) is 24.7 Å². The van der Waals surface area contributed by atoms with E-state index in [1.807, 2.05) is 44.2 Å². The number of rotatable bonds is 4. The number of carbonyl (C=O) groups excluding carboxylic acids is 1. The predicted molar refractivity (Wildman–Crippen MR) is 114 cm³/mol. The third-order valence-electron chi connectivity index (χ3n) is 4.81. The van der Waals surface area contributed by atoms with Crippen molar-refractivity contribution in [2.45, 2.75) is 67.7 Å². The number of esters is 1. The normalized spacial score (nSPS) is 13.3. The molecule has 0 amide bonds. The van der Waals surface area contributed by atoms with E-state index in [-0.39, 0.29) is 16.8 Å². The average molecular weight is 367 g/mol. The van der Waals surface area contributed by atoms with Crippen molar-refractivity contribution < 1.29 is 9.53 Å². The first kappa shape index (κ1) is 21.2. The highest BCUT2D eigenvalue weighted by Gasteiger charge is 2.30. The van der Waals surface area contributed by atoms with E-state index in [4.69, 9.17) is 4.74 Å². The van der Waals surface area contributed by atoms with Crippen LogP contribution in [-0.2, 0) is 0 Å². The van der Waals surface area contributed by atoms with Crippen LogP contribution in [0.5, 0.6) is 5.75 Å². The Bertz CT molecular complexity index is 766. The van der Waals surface area contributed by atoms with Gasteiger partial charge in [-0.1, -0.05) is 70.9 Å². The van der Waals surface area contributed by atoms with Crippen LogP contribution in [0.1, 0.15) is 80.9 Å². The SMILES string of the molecule is Cc1cc(C)cc(C(=O)Oc2ccc(C(CC(C)(C)C)C(C)(C)C)cc2)c1. The summed E-state index contributed by atoms with van der Waals surface area (Å²) < 4.78 is 5.59. The highest BCUT2D eigenvalue weighted by Crippen LogP contribution is 2.43. The van der Waals surface area contributed by atoms with Gasteiger partial charge in [0.25, 0.3) is 0 Å². The molecule has 0 bridgehead atoms. The first-order valence-electron chi connectivity index (χ1n) is 9.75. The fraction of sp³-hybridized carbons (Fsp3) is 0.480. The largest absolute Gasteiger partial charge is 0.423 e. The van der Waals surface area contributed by atoms with Crippen molar-refractivity contribution in [3.63, 3.8) is 0 Å². The zero-order valence-corrected chi connectivity index (χ0v) is 18.1. The van der Waals surface area contributed by atoms with E-state index >= 15 is 0 Å². The molecule has 0 radical (unpaired) electrons. The van der Waals surface area contributed by atoms with Crippen LogP contribution in [0.4, 0.5) is 0 Å². The topological polar surface area (TPSA) is 26.3 Å². The van der Waals surface area contributed by atoms with E-state index in [9.17, 15) is 4.79 Å². The maximum atomic E-state index is 12.5. The van der Waals surface area contributed by atoms with Gasteiger partial charge in [-0.15, -0.1) is 0 Å². The summed E-state index contributed by atoms with van der Waals surface area (Å²) in [6.45, 7) is 17.7. The van der Waals surface area contributed by atoms with Crippen molar-refractivity contribution in [2.24, 2.45) is 10.8 Å². The maximum absolute atomic E-state index is 12.5. The minimum Gasteiger partial charge on any atom is -0.423 e. The Kier molecular flexibility index (Phi) is 6.19. The summed E-state index contributed by atoms with van der Waals surface area (Å²) in [5, 5.41) is 0. The Morgan fingerprint density at radius 2 is 1.41 bits per heavy atom. The molecule has 0 aliphatic heterocycles. The third-order valence-corrected chi connectivity index (χ3v) is 4.81. The molecule has 0 aromatic heterocycles. The second kappa shape index (κ2) is 7.88. The van der Waals surface area contributed by atoms with Crippen LogP contribution >= 0.6 is 0 Å². The smallest absolute Gasteiger partial charge is 0.343 e. The van der Waals surface area contributed by atoms with Gasteiger partial charge in [0.2, 0.25) is 0 Å². The molecule has 0 saturated heterocycles. The third kappa shape index (κ3) is 6.23. The van der Waals surface area contributed by atoms with Crippen molar-refractivity contribution >= 4 is 5.97 Å². The quantitative estimate of drug-likeness (QED) is 0.426. The molecule has 0 N–H and O–H groups in total. The summed E-state index contributed by atoms with van der Waals surface area (Å²) in [4.78, 5) is 12.5. The molecule has 2 nitrogen and oxygen atoms in total. The number of ether oxygens (including phenoxy) is 1. The minimum absolute atomic E-state index is 0.171. The summed E-state index contributed by atoms with van der Waals surface area (Å²) in [7, 11) is 0. The predicted octanol–water partition coefficient (Wildman–Crippen LogP) is 7.09. The monoisotopic (exact) mass is 366 g/mol. The Morgan fingerprint density at radius 3 is 1.85 bits per heavy atom. The molecule has 2 aromatic rings. The molecule has 2 rings (SSSR count). The van der Waals surface area contributed by atoms with Gasteiger partial charge in [-0.2, -0.15) is 0 Å². The van der Waals surface area contributed by atoms with E-state index in [0.717, 1.165) is 17.5 Å².